The minimum Gasteiger partial charge on any atom is -0.495 e. The Morgan fingerprint density at radius 2 is 1.94 bits per heavy atom. The van der Waals surface area contributed by atoms with Crippen molar-refractivity contribution in [3.8, 4) is 23.1 Å². The van der Waals surface area contributed by atoms with Gasteiger partial charge in [0.15, 0.2) is 22.4 Å². The van der Waals surface area contributed by atoms with Crippen LogP contribution in [0.1, 0.15) is 0 Å². The Kier molecular flexibility index (Phi) is 5.99. The van der Waals surface area contributed by atoms with Crippen LogP contribution in [0.5, 0.6) is 11.5 Å². The Morgan fingerprint density at radius 3 is 2.71 bits per heavy atom. The summed E-state index contributed by atoms with van der Waals surface area (Å²) in [7, 11) is 3.01. The number of carbonyl (C=O) groups is 1. The van der Waals surface area contributed by atoms with Crippen LogP contribution in [0.4, 0.5) is 5.69 Å². The van der Waals surface area contributed by atoms with Crippen molar-refractivity contribution in [2.45, 2.75) is 5.16 Å². The summed E-state index contributed by atoms with van der Waals surface area (Å²) in [4.78, 5) is 17.5. The lowest BCUT2D eigenvalue weighted by Gasteiger charge is -2.13. The topological polar surface area (TPSA) is 104 Å². The highest BCUT2D eigenvalue weighted by Gasteiger charge is 2.19. The van der Waals surface area contributed by atoms with Crippen LogP contribution in [-0.4, -0.2) is 45.5 Å². The molecule has 0 spiro atoms. The highest BCUT2D eigenvalue weighted by molar-refractivity contribution is 7.99. The summed E-state index contributed by atoms with van der Waals surface area (Å²) in [5.41, 5.74) is 1.84. The quantitative estimate of drug-likeness (QED) is 0.317. The summed E-state index contributed by atoms with van der Waals surface area (Å²) in [6, 6.07) is 14.5. The van der Waals surface area contributed by atoms with Crippen LogP contribution in [0.3, 0.4) is 0 Å². The SMILES string of the molecule is COc1cc(OC)c(NC(=O)CSc2nnc3c4ccccc4nc(-c4ccco4)n23)cc1Cl. The number of furan rings is 1. The van der Waals surface area contributed by atoms with Gasteiger partial charge in [0.25, 0.3) is 0 Å². The summed E-state index contributed by atoms with van der Waals surface area (Å²) in [5, 5.41) is 13.2. The van der Waals surface area contributed by atoms with Crippen molar-refractivity contribution in [1.82, 2.24) is 19.6 Å². The first kappa shape index (κ1) is 22.1. The van der Waals surface area contributed by atoms with Crippen LogP contribution in [0.25, 0.3) is 28.1 Å². The summed E-state index contributed by atoms with van der Waals surface area (Å²) in [6.45, 7) is 0. The minimum absolute atomic E-state index is 0.0675. The number of aromatic nitrogens is 4. The molecule has 0 fully saturated rings. The number of halogens is 1. The summed E-state index contributed by atoms with van der Waals surface area (Å²) < 4.78 is 17.9. The molecule has 0 saturated heterocycles. The predicted molar refractivity (Wildman–Crippen MR) is 130 cm³/mol. The van der Waals surface area contributed by atoms with E-state index in [4.69, 9.17) is 30.5 Å². The Morgan fingerprint density at radius 1 is 1.12 bits per heavy atom. The van der Waals surface area contributed by atoms with Crippen molar-refractivity contribution in [3.63, 3.8) is 0 Å². The maximum Gasteiger partial charge on any atom is 0.234 e. The van der Waals surface area contributed by atoms with Crippen LogP contribution >= 0.6 is 23.4 Å². The van der Waals surface area contributed by atoms with Gasteiger partial charge >= 0.3 is 0 Å². The van der Waals surface area contributed by atoms with Crippen molar-refractivity contribution in [3.05, 3.63) is 59.8 Å². The van der Waals surface area contributed by atoms with E-state index in [1.807, 2.05) is 30.3 Å². The van der Waals surface area contributed by atoms with Gasteiger partial charge in [-0.05, 0) is 30.3 Å². The summed E-state index contributed by atoms with van der Waals surface area (Å²) in [5.74, 6) is 1.80. The molecule has 0 aliphatic rings. The number of amides is 1. The van der Waals surface area contributed by atoms with E-state index in [1.54, 1.807) is 28.9 Å². The number of fused-ring (bicyclic) bond motifs is 3. The second-order valence-corrected chi connectivity index (χ2v) is 8.45. The first-order valence-corrected chi connectivity index (χ1v) is 11.5. The molecule has 0 aliphatic carbocycles. The van der Waals surface area contributed by atoms with Gasteiger partial charge in [0.1, 0.15) is 11.5 Å². The number of methoxy groups -OCH3 is 2. The monoisotopic (exact) mass is 495 g/mol. The van der Waals surface area contributed by atoms with Gasteiger partial charge in [0.05, 0.1) is 42.5 Å². The van der Waals surface area contributed by atoms with Gasteiger partial charge in [-0.1, -0.05) is 35.5 Å². The fourth-order valence-electron chi connectivity index (χ4n) is 3.50. The number of rotatable bonds is 7. The average molecular weight is 496 g/mol. The molecule has 5 rings (SSSR count). The third-order valence-electron chi connectivity index (χ3n) is 5.04. The fourth-order valence-corrected chi connectivity index (χ4v) is 4.47. The smallest absolute Gasteiger partial charge is 0.234 e. The maximum absolute atomic E-state index is 12.8. The molecule has 1 N–H and O–H groups in total. The van der Waals surface area contributed by atoms with E-state index in [-0.39, 0.29) is 11.7 Å². The number of nitrogens with one attached hydrogen (secondary N) is 1. The van der Waals surface area contributed by atoms with E-state index >= 15 is 0 Å². The van der Waals surface area contributed by atoms with Crippen molar-refractivity contribution >= 4 is 51.5 Å². The first-order chi connectivity index (χ1) is 16.6. The highest BCUT2D eigenvalue weighted by atomic mass is 35.5. The number of para-hydroxylation sites is 1. The Bertz CT molecular complexity index is 1500. The van der Waals surface area contributed by atoms with Crippen molar-refractivity contribution in [2.24, 2.45) is 0 Å². The van der Waals surface area contributed by atoms with Gasteiger partial charge in [-0.2, -0.15) is 0 Å². The van der Waals surface area contributed by atoms with Gasteiger partial charge in [-0.25, -0.2) is 4.98 Å². The van der Waals surface area contributed by atoms with Gasteiger partial charge in [0, 0.05) is 11.5 Å². The molecule has 3 heterocycles. The molecule has 0 atom stereocenters. The maximum atomic E-state index is 12.8. The molecule has 5 aromatic rings. The number of nitrogens with zero attached hydrogens (tertiary/aromatic N) is 4. The van der Waals surface area contributed by atoms with Crippen molar-refractivity contribution in [1.29, 1.82) is 0 Å². The normalized spacial score (nSPS) is 11.1. The molecule has 0 unspecified atom stereocenters. The molecular formula is C23H18ClN5O4S. The van der Waals surface area contributed by atoms with Crippen molar-refractivity contribution in [2.75, 3.05) is 25.3 Å². The Balaban J connectivity index is 1.45. The number of hydrogen-bond donors (Lipinski definition) is 1. The first-order valence-electron chi connectivity index (χ1n) is 10.1. The molecule has 1 amide bonds. The van der Waals surface area contributed by atoms with Crippen LogP contribution < -0.4 is 14.8 Å². The summed E-state index contributed by atoms with van der Waals surface area (Å²) in [6.07, 6.45) is 1.58. The molecule has 11 heteroatoms. The van der Waals surface area contributed by atoms with Crippen LogP contribution in [0, 0.1) is 0 Å². The van der Waals surface area contributed by atoms with E-state index in [9.17, 15) is 4.79 Å². The van der Waals surface area contributed by atoms with E-state index in [0.29, 0.717) is 44.6 Å². The van der Waals surface area contributed by atoms with E-state index in [1.165, 1.54) is 26.0 Å². The standard InChI is InChI=1S/C23H18ClN5O4S/c1-31-18-11-19(32-2)16(10-14(18)24)25-20(30)12-34-23-28-27-21-13-6-3-4-7-15(13)26-22(29(21)23)17-8-5-9-33-17/h3-11H,12H2,1-2H3,(H,25,30). The molecule has 2 aromatic carbocycles. The van der Waals surface area contributed by atoms with E-state index in [0.717, 1.165) is 10.9 Å². The van der Waals surface area contributed by atoms with E-state index < -0.39 is 0 Å². The highest BCUT2D eigenvalue weighted by Crippen LogP contribution is 2.36. The molecule has 9 nitrogen and oxygen atoms in total. The van der Waals surface area contributed by atoms with Crippen molar-refractivity contribution < 1.29 is 18.7 Å². The average Bonchev–Trinajstić information content (AvgIpc) is 3.53. The zero-order valence-corrected chi connectivity index (χ0v) is 19.7. The number of carbonyl (C=O) groups excluding carboxylic acids is 1. The lowest BCUT2D eigenvalue weighted by molar-refractivity contribution is -0.113. The fraction of sp³-hybridized carbons (Fsp3) is 0.130. The third-order valence-corrected chi connectivity index (χ3v) is 6.26. The summed E-state index contributed by atoms with van der Waals surface area (Å²) >= 11 is 7.43. The molecular weight excluding hydrogens is 478 g/mol. The second kappa shape index (κ2) is 9.24. The molecule has 172 valence electrons. The second-order valence-electron chi connectivity index (χ2n) is 7.10. The number of thioether (sulfide) groups is 1. The molecule has 34 heavy (non-hydrogen) atoms. The minimum atomic E-state index is -0.269. The van der Waals surface area contributed by atoms with Crippen LogP contribution in [-0.2, 0) is 4.79 Å². The number of ether oxygens (including phenoxy) is 2. The van der Waals surface area contributed by atoms with E-state index in [2.05, 4.69) is 15.5 Å². The van der Waals surface area contributed by atoms with Gasteiger partial charge in [-0.15, -0.1) is 10.2 Å². The molecule has 0 aliphatic heterocycles. The van der Waals surface area contributed by atoms with Gasteiger partial charge in [0.2, 0.25) is 5.91 Å². The van der Waals surface area contributed by atoms with Gasteiger partial charge < -0.3 is 19.2 Å². The van der Waals surface area contributed by atoms with Crippen LogP contribution in [0.2, 0.25) is 5.02 Å². The van der Waals surface area contributed by atoms with Gasteiger partial charge in [-0.3, -0.25) is 9.20 Å². The zero-order chi connectivity index (χ0) is 23.7. The Labute approximate surface area is 203 Å². The lowest BCUT2D eigenvalue weighted by atomic mass is 10.2. The number of hydrogen-bond acceptors (Lipinski definition) is 8. The number of benzene rings is 2. The largest absolute Gasteiger partial charge is 0.495 e. The molecule has 0 bridgehead atoms. The zero-order valence-electron chi connectivity index (χ0n) is 18.1. The molecule has 0 saturated carbocycles. The molecule has 3 aromatic heterocycles. The third kappa shape index (κ3) is 4.02. The Hall–Kier alpha value is -3.76. The lowest BCUT2D eigenvalue weighted by Crippen LogP contribution is -2.15. The molecule has 0 radical (unpaired) electrons. The predicted octanol–water partition coefficient (Wildman–Crippen LogP) is 4.94. The van der Waals surface area contributed by atoms with Crippen LogP contribution in [0.15, 0.2) is 64.4 Å². The number of anilines is 1.